The van der Waals surface area contributed by atoms with E-state index in [1.165, 1.54) is 36.3 Å². The molecule has 1 saturated heterocycles. The maximum atomic E-state index is 13.4. The van der Waals surface area contributed by atoms with Crippen molar-refractivity contribution in [1.29, 1.82) is 0 Å². The molecule has 3 N–H and O–H groups in total. The molecule has 1 amide bonds. The van der Waals surface area contributed by atoms with E-state index >= 15 is 0 Å². The zero-order chi connectivity index (χ0) is 26.1. The molecule has 1 atom stereocenters. The highest BCUT2D eigenvalue weighted by Crippen LogP contribution is 2.42. The van der Waals surface area contributed by atoms with E-state index in [2.05, 4.69) is 20.6 Å². The Bertz CT molecular complexity index is 1530. The number of nitrogens with zero attached hydrogens (tertiary/aromatic N) is 4. The predicted molar refractivity (Wildman–Crippen MR) is 131 cm³/mol. The first-order valence-electron chi connectivity index (χ1n) is 11.0. The predicted octanol–water partition coefficient (Wildman–Crippen LogP) is 3.20. The second kappa shape index (κ2) is 9.38. The smallest absolute Gasteiger partial charge is 0.335 e. The quantitative estimate of drug-likeness (QED) is 0.207. The van der Waals surface area contributed by atoms with Gasteiger partial charge in [0, 0.05) is 16.8 Å². The number of carbonyl (C=O) groups excluding carboxylic acids is 2. The van der Waals surface area contributed by atoms with Gasteiger partial charge in [0.2, 0.25) is 5.82 Å². The number of aliphatic hydroxyl groups is 1. The summed E-state index contributed by atoms with van der Waals surface area (Å²) in [6.07, 6.45) is 0. The Kier molecular flexibility index (Phi) is 5.94. The summed E-state index contributed by atoms with van der Waals surface area (Å²) in [7, 11) is 1.50. The molecule has 11 nitrogen and oxygen atoms in total. The third-order valence-corrected chi connectivity index (χ3v) is 6.01. The van der Waals surface area contributed by atoms with Gasteiger partial charge in [-0.05, 0) is 59.3 Å². The second-order valence-corrected chi connectivity index (χ2v) is 8.11. The van der Waals surface area contributed by atoms with Gasteiger partial charge in [0.1, 0.15) is 11.5 Å². The lowest BCUT2D eigenvalue weighted by atomic mass is 9.94. The van der Waals surface area contributed by atoms with Crippen molar-refractivity contribution in [3.8, 4) is 17.1 Å². The number of carboxylic acid groups (broad SMARTS) is 1. The molecule has 0 aliphatic carbocycles. The van der Waals surface area contributed by atoms with E-state index in [1.807, 2.05) is 0 Å². The molecule has 37 heavy (non-hydrogen) atoms. The number of aromatic carboxylic acids is 1. The summed E-state index contributed by atoms with van der Waals surface area (Å²) < 4.78 is 5.16. The molecular formula is C26H19N5O6. The molecule has 4 aromatic rings. The summed E-state index contributed by atoms with van der Waals surface area (Å²) in [5.41, 5.74) is 1.54. The van der Waals surface area contributed by atoms with Crippen molar-refractivity contribution in [2.24, 2.45) is 0 Å². The zero-order valence-corrected chi connectivity index (χ0v) is 19.3. The molecule has 0 bridgehead atoms. The summed E-state index contributed by atoms with van der Waals surface area (Å²) in [5.74, 6) is -2.38. The average Bonchev–Trinajstić information content (AvgIpc) is 3.56. The number of Topliss-reactive ketones (excluding diaryl/α,β-unsaturated/α-hetero) is 1. The van der Waals surface area contributed by atoms with Crippen molar-refractivity contribution in [3.05, 3.63) is 95.1 Å². The number of aromatic amines is 1. The number of amides is 1. The molecule has 11 heteroatoms. The van der Waals surface area contributed by atoms with Gasteiger partial charge < -0.3 is 14.9 Å². The summed E-state index contributed by atoms with van der Waals surface area (Å²) >= 11 is 0. The molecule has 1 aliphatic heterocycles. The molecule has 0 spiro atoms. The first-order valence-corrected chi connectivity index (χ1v) is 11.0. The third-order valence-electron chi connectivity index (χ3n) is 6.01. The van der Waals surface area contributed by atoms with Crippen molar-refractivity contribution in [1.82, 2.24) is 20.6 Å². The van der Waals surface area contributed by atoms with E-state index in [1.54, 1.807) is 48.5 Å². The number of benzene rings is 3. The lowest BCUT2D eigenvalue weighted by molar-refractivity contribution is -0.132. The molecule has 3 aromatic carbocycles. The minimum atomic E-state index is -1.12. The van der Waals surface area contributed by atoms with Crippen LogP contribution in [0.3, 0.4) is 0 Å². The maximum Gasteiger partial charge on any atom is 0.335 e. The van der Waals surface area contributed by atoms with Crippen LogP contribution >= 0.6 is 0 Å². The Morgan fingerprint density at radius 2 is 1.68 bits per heavy atom. The fourth-order valence-corrected chi connectivity index (χ4v) is 4.21. The van der Waals surface area contributed by atoms with Gasteiger partial charge in [0.25, 0.3) is 11.7 Å². The van der Waals surface area contributed by atoms with Crippen molar-refractivity contribution in [3.63, 3.8) is 0 Å². The average molecular weight is 497 g/mol. The van der Waals surface area contributed by atoms with E-state index in [9.17, 15) is 24.6 Å². The molecule has 1 fully saturated rings. The van der Waals surface area contributed by atoms with Crippen LogP contribution in [-0.2, 0) is 9.59 Å². The number of rotatable bonds is 6. The highest BCUT2D eigenvalue weighted by atomic mass is 16.5. The standard InChI is InChI=1S/C26H19N5O6/c1-37-19-11-9-15(10-12-19)22(32)20-21(14-5-7-16(8-6-14)26(35)36)31(25(34)23(20)33)18-4-2-3-17(13-18)24-27-29-30-28-24/h2-13,21,32H,1H3,(H,35,36)(H,27,28,29,30)/b22-20+. The number of hydrogen-bond donors (Lipinski definition) is 3. The van der Waals surface area contributed by atoms with Crippen molar-refractivity contribution in [2.45, 2.75) is 6.04 Å². The van der Waals surface area contributed by atoms with Crippen molar-refractivity contribution < 1.29 is 29.3 Å². The SMILES string of the molecule is COc1ccc(/C(O)=C2\C(=O)C(=O)N(c3cccc(-c4nn[nH]n4)c3)C2c2ccc(C(=O)O)cc2)cc1. The van der Waals surface area contributed by atoms with Gasteiger partial charge in [-0.1, -0.05) is 24.3 Å². The minimum Gasteiger partial charge on any atom is -0.507 e. The molecule has 2 heterocycles. The highest BCUT2D eigenvalue weighted by molar-refractivity contribution is 6.51. The van der Waals surface area contributed by atoms with E-state index in [-0.39, 0.29) is 16.9 Å². The normalized spacial score (nSPS) is 16.7. The molecule has 5 rings (SSSR count). The topological polar surface area (TPSA) is 159 Å². The second-order valence-electron chi connectivity index (χ2n) is 8.11. The Morgan fingerprint density at radius 3 is 2.30 bits per heavy atom. The number of H-pyrrole nitrogens is 1. The summed E-state index contributed by atoms with van der Waals surface area (Å²) in [4.78, 5) is 39.4. The Morgan fingerprint density at radius 1 is 0.973 bits per heavy atom. The first-order chi connectivity index (χ1) is 17.9. The number of aliphatic hydroxyl groups excluding tert-OH is 1. The summed E-state index contributed by atoms with van der Waals surface area (Å²) in [6, 6.07) is 17.8. The largest absolute Gasteiger partial charge is 0.507 e. The van der Waals surface area contributed by atoms with Gasteiger partial charge in [-0.2, -0.15) is 5.21 Å². The molecule has 184 valence electrons. The van der Waals surface area contributed by atoms with Crippen LogP contribution in [-0.4, -0.2) is 55.6 Å². The Labute approximate surface area is 209 Å². The van der Waals surface area contributed by atoms with E-state index in [0.29, 0.717) is 34.0 Å². The van der Waals surface area contributed by atoms with E-state index in [4.69, 9.17) is 4.74 Å². The monoisotopic (exact) mass is 497 g/mol. The fraction of sp³-hybridized carbons (Fsp3) is 0.0769. The number of aromatic nitrogens is 4. The van der Waals surface area contributed by atoms with Crippen LogP contribution in [0.5, 0.6) is 5.75 Å². The van der Waals surface area contributed by atoms with Crippen LogP contribution in [0, 0.1) is 0 Å². The van der Waals surface area contributed by atoms with Crippen LogP contribution in [0.25, 0.3) is 17.1 Å². The van der Waals surface area contributed by atoms with Gasteiger partial charge in [-0.3, -0.25) is 14.5 Å². The molecule has 0 saturated carbocycles. The number of hydrogen-bond acceptors (Lipinski definition) is 8. The number of tetrazole rings is 1. The Hall–Kier alpha value is -5.32. The van der Waals surface area contributed by atoms with Gasteiger partial charge in [0.15, 0.2) is 0 Å². The number of ether oxygens (including phenoxy) is 1. The lowest BCUT2D eigenvalue weighted by Gasteiger charge is -2.26. The van der Waals surface area contributed by atoms with Crippen molar-refractivity contribution >= 4 is 29.1 Å². The number of ketones is 1. The van der Waals surface area contributed by atoms with E-state index < -0.39 is 23.7 Å². The molecule has 1 aliphatic rings. The van der Waals surface area contributed by atoms with Gasteiger partial charge in [-0.25, -0.2) is 4.79 Å². The molecule has 1 aromatic heterocycles. The minimum absolute atomic E-state index is 0.0370. The summed E-state index contributed by atoms with van der Waals surface area (Å²) in [6.45, 7) is 0. The third kappa shape index (κ3) is 4.18. The Balaban J connectivity index is 1.68. The van der Waals surface area contributed by atoms with E-state index in [0.717, 1.165) is 0 Å². The summed E-state index contributed by atoms with van der Waals surface area (Å²) in [5, 5.41) is 34.4. The molecular weight excluding hydrogens is 478 g/mol. The van der Waals surface area contributed by atoms with Crippen LogP contribution < -0.4 is 9.64 Å². The number of carboxylic acids is 1. The van der Waals surface area contributed by atoms with Gasteiger partial charge >= 0.3 is 5.97 Å². The first kappa shape index (κ1) is 23.4. The molecule has 1 unspecified atom stereocenters. The molecule has 0 radical (unpaired) electrons. The van der Waals surface area contributed by atoms with Crippen LogP contribution in [0.15, 0.2) is 78.4 Å². The number of carbonyl (C=O) groups is 3. The van der Waals surface area contributed by atoms with Gasteiger partial charge in [-0.15, -0.1) is 10.2 Å². The fourth-order valence-electron chi connectivity index (χ4n) is 4.21. The highest BCUT2D eigenvalue weighted by Gasteiger charge is 2.47. The van der Waals surface area contributed by atoms with Crippen LogP contribution in [0.4, 0.5) is 5.69 Å². The number of nitrogens with one attached hydrogen (secondary N) is 1. The van der Waals surface area contributed by atoms with Gasteiger partial charge in [0.05, 0.1) is 24.3 Å². The van der Waals surface area contributed by atoms with Crippen LogP contribution in [0.1, 0.15) is 27.5 Å². The van der Waals surface area contributed by atoms with Crippen LogP contribution in [0.2, 0.25) is 0 Å². The van der Waals surface area contributed by atoms with Crippen molar-refractivity contribution in [2.75, 3.05) is 12.0 Å². The number of anilines is 1. The number of methoxy groups -OCH3 is 1. The lowest BCUT2D eigenvalue weighted by Crippen LogP contribution is -2.29. The maximum absolute atomic E-state index is 13.4. The zero-order valence-electron chi connectivity index (χ0n) is 19.3.